The SMILES string of the molecule is NC(=O)c1ccc(Br)c2c1[nH]c1ccccc12. The highest BCUT2D eigenvalue weighted by Gasteiger charge is 2.13. The third kappa shape index (κ3) is 1.45. The summed E-state index contributed by atoms with van der Waals surface area (Å²) >= 11 is 3.51. The molecule has 0 unspecified atom stereocenters. The summed E-state index contributed by atoms with van der Waals surface area (Å²) in [5.74, 6) is -0.422. The van der Waals surface area contributed by atoms with Crippen LogP contribution in [0, 0.1) is 0 Å². The van der Waals surface area contributed by atoms with Crippen LogP contribution in [0.1, 0.15) is 10.4 Å². The van der Waals surface area contributed by atoms with Gasteiger partial charge in [-0.15, -0.1) is 0 Å². The molecule has 0 saturated heterocycles. The van der Waals surface area contributed by atoms with Crippen molar-refractivity contribution in [3.63, 3.8) is 0 Å². The number of fused-ring (bicyclic) bond motifs is 3. The van der Waals surface area contributed by atoms with Gasteiger partial charge >= 0.3 is 0 Å². The van der Waals surface area contributed by atoms with E-state index >= 15 is 0 Å². The van der Waals surface area contributed by atoms with E-state index in [2.05, 4.69) is 20.9 Å². The van der Waals surface area contributed by atoms with Gasteiger partial charge in [0.05, 0.1) is 11.1 Å². The van der Waals surface area contributed by atoms with E-state index in [0.29, 0.717) is 5.56 Å². The Morgan fingerprint density at radius 2 is 1.94 bits per heavy atom. The minimum Gasteiger partial charge on any atom is -0.366 e. The lowest BCUT2D eigenvalue weighted by molar-refractivity contribution is 0.100. The van der Waals surface area contributed by atoms with Crippen molar-refractivity contribution in [3.8, 4) is 0 Å². The molecule has 0 bridgehead atoms. The van der Waals surface area contributed by atoms with E-state index in [1.165, 1.54) is 0 Å². The molecule has 4 heteroatoms. The Kier molecular flexibility index (Phi) is 2.19. The Hall–Kier alpha value is -1.81. The number of nitrogens with two attached hydrogens (primary N) is 1. The first kappa shape index (κ1) is 10.4. The Morgan fingerprint density at radius 1 is 1.18 bits per heavy atom. The molecule has 0 aliphatic carbocycles. The molecule has 0 spiro atoms. The first-order valence-electron chi connectivity index (χ1n) is 5.17. The van der Waals surface area contributed by atoms with Crippen LogP contribution in [0.2, 0.25) is 0 Å². The van der Waals surface area contributed by atoms with Crippen LogP contribution in [0.3, 0.4) is 0 Å². The minimum absolute atomic E-state index is 0.422. The van der Waals surface area contributed by atoms with Gasteiger partial charge < -0.3 is 10.7 Å². The number of carbonyl (C=O) groups excluding carboxylic acids is 1. The van der Waals surface area contributed by atoms with Gasteiger partial charge in [-0.2, -0.15) is 0 Å². The first-order chi connectivity index (χ1) is 8.18. The number of carbonyl (C=O) groups is 1. The fourth-order valence-corrected chi connectivity index (χ4v) is 2.66. The fraction of sp³-hybridized carbons (Fsp3) is 0. The number of halogens is 1. The fourth-order valence-electron chi connectivity index (χ4n) is 2.12. The smallest absolute Gasteiger partial charge is 0.250 e. The predicted octanol–water partition coefficient (Wildman–Crippen LogP) is 3.18. The monoisotopic (exact) mass is 288 g/mol. The lowest BCUT2D eigenvalue weighted by Gasteiger charge is -2.00. The van der Waals surface area contributed by atoms with Crippen LogP contribution in [0.15, 0.2) is 40.9 Å². The molecule has 0 aliphatic heterocycles. The summed E-state index contributed by atoms with van der Waals surface area (Å²) in [6.45, 7) is 0. The molecule has 3 aromatic rings. The molecular weight excluding hydrogens is 280 g/mol. The minimum atomic E-state index is -0.422. The summed E-state index contributed by atoms with van der Waals surface area (Å²) in [6.07, 6.45) is 0. The van der Waals surface area contributed by atoms with E-state index < -0.39 is 5.91 Å². The van der Waals surface area contributed by atoms with Gasteiger partial charge in [-0.1, -0.05) is 34.1 Å². The highest BCUT2D eigenvalue weighted by atomic mass is 79.9. The van der Waals surface area contributed by atoms with Crippen LogP contribution in [0.25, 0.3) is 21.8 Å². The maximum absolute atomic E-state index is 11.4. The summed E-state index contributed by atoms with van der Waals surface area (Å²) in [5.41, 5.74) is 7.67. The molecule has 0 aliphatic rings. The standard InChI is InChI=1S/C13H9BrN2O/c14-9-6-5-8(13(15)17)12-11(9)7-3-1-2-4-10(7)16-12/h1-6,16H,(H2,15,17). The highest BCUT2D eigenvalue weighted by molar-refractivity contribution is 9.10. The molecule has 17 heavy (non-hydrogen) atoms. The number of amides is 1. The van der Waals surface area contributed by atoms with Gasteiger partial charge in [0, 0.05) is 20.8 Å². The summed E-state index contributed by atoms with van der Waals surface area (Å²) < 4.78 is 0.954. The Labute approximate surface area is 106 Å². The van der Waals surface area contributed by atoms with Gasteiger partial charge in [0.25, 0.3) is 5.91 Å². The van der Waals surface area contributed by atoms with Crippen LogP contribution >= 0.6 is 15.9 Å². The van der Waals surface area contributed by atoms with Crippen LogP contribution in [-0.2, 0) is 0 Å². The lowest BCUT2D eigenvalue weighted by Crippen LogP contribution is -2.11. The molecule has 0 radical (unpaired) electrons. The van der Waals surface area contributed by atoms with Gasteiger partial charge in [0.2, 0.25) is 0 Å². The average molecular weight is 289 g/mol. The number of hydrogen-bond acceptors (Lipinski definition) is 1. The molecule has 84 valence electrons. The molecule has 3 rings (SSSR count). The van der Waals surface area contributed by atoms with E-state index in [9.17, 15) is 4.79 Å². The maximum Gasteiger partial charge on any atom is 0.250 e. The predicted molar refractivity (Wildman–Crippen MR) is 72.0 cm³/mol. The zero-order chi connectivity index (χ0) is 12.0. The van der Waals surface area contributed by atoms with Gasteiger partial charge in [-0.3, -0.25) is 4.79 Å². The Balaban J connectivity index is 2.58. The molecule has 3 nitrogen and oxygen atoms in total. The highest BCUT2D eigenvalue weighted by Crippen LogP contribution is 2.33. The maximum atomic E-state index is 11.4. The number of primary amides is 1. The van der Waals surface area contributed by atoms with Crippen molar-refractivity contribution >= 4 is 43.6 Å². The zero-order valence-electron chi connectivity index (χ0n) is 8.83. The largest absolute Gasteiger partial charge is 0.366 e. The second-order valence-corrected chi connectivity index (χ2v) is 4.73. The third-order valence-corrected chi connectivity index (χ3v) is 3.54. The molecule has 1 heterocycles. The molecule has 2 aromatic carbocycles. The Morgan fingerprint density at radius 3 is 2.71 bits per heavy atom. The second kappa shape index (κ2) is 3.60. The van der Waals surface area contributed by atoms with Gasteiger partial charge in [-0.25, -0.2) is 0 Å². The van der Waals surface area contributed by atoms with Crippen molar-refractivity contribution in [2.45, 2.75) is 0 Å². The molecule has 0 fully saturated rings. The van der Waals surface area contributed by atoms with E-state index in [-0.39, 0.29) is 0 Å². The topological polar surface area (TPSA) is 58.9 Å². The number of rotatable bonds is 1. The summed E-state index contributed by atoms with van der Waals surface area (Å²) in [4.78, 5) is 14.6. The van der Waals surface area contributed by atoms with Gasteiger partial charge in [0.15, 0.2) is 0 Å². The molecular formula is C13H9BrN2O. The molecule has 0 atom stereocenters. The number of para-hydroxylation sites is 1. The summed E-state index contributed by atoms with van der Waals surface area (Å²) in [6, 6.07) is 11.5. The number of H-pyrrole nitrogens is 1. The van der Waals surface area contributed by atoms with Crippen molar-refractivity contribution in [1.82, 2.24) is 4.98 Å². The first-order valence-corrected chi connectivity index (χ1v) is 5.96. The molecule has 1 aromatic heterocycles. The van der Waals surface area contributed by atoms with Crippen molar-refractivity contribution in [2.75, 3.05) is 0 Å². The van der Waals surface area contributed by atoms with E-state index in [1.54, 1.807) is 6.07 Å². The van der Waals surface area contributed by atoms with Gasteiger partial charge in [0.1, 0.15) is 0 Å². The van der Waals surface area contributed by atoms with Crippen molar-refractivity contribution in [1.29, 1.82) is 0 Å². The third-order valence-electron chi connectivity index (χ3n) is 2.88. The van der Waals surface area contributed by atoms with Gasteiger partial charge in [-0.05, 0) is 18.2 Å². The quantitative estimate of drug-likeness (QED) is 0.710. The summed E-state index contributed by atoms with van der Waals surface area (Å²) in [5, 5.41) is 2.08. The van der Waals surface area contributed by atoms with Crippen LogP contribution < -0.4 is 5.73 Å². The average Bonchev–Trinajstić information content (AvgIpc) is 2.68. The molecule has 3 N–H and O–H groups in total. The van der Waals surface area contributed by atoms with Crippen LogP contribution in [-0.4, -0.2) is 10.9 Å². The summed E-state index contributed by atoms with van der Waals surface area (Å²) in [7, 11) is 0. The normalized spacial score (nSPS) is 11.1. The number of hydrogen-bond donors (Lipinski definition) is 2. The number of aromatic nitrogens is 1. The molecule has 1 amide bonds. The van der Waals surface area contributed by atoms with Crippen molar-refractivity contribution in [3.05, 3.63) is 46.4 Å². The van der Waals surface area contributed by atoms with E-state index in [0.717, 1.165) is 26.3 Å². The van der Waals surface area contributed by atoms with Crippen LogP contribution in [0.5, 0.6) is 0 Å². The van der Waals surface area contributed by atoms with E-state index in [1.807, 2.05) is 30.3 Å². The Bertz CT molecular complexity index is 746. The van der Waals surface area contributed by atoms with Crippen molar-refractivity contribution < 1.29 is 4.79 Å². The zero-order valence-corrected chi connectivity index (χ0v) is 10.4. The lowest BCUT2D eigenvalue weighted by atomic mass is 10.1. The molecule has 0 saturated carbocycles. The van der Waals surface area contributed by atoms with E-state index in [4.69, 9.17) is 5.73 Å². The number of nitrogens with one attached hydrogen (secondary N) is 1. The van der Waals surface area contributed by atoms with Crippen molar-refractivity contribution in [2.24, 2.45) is 5.73 Å². The number of aromatic amines is 1. The number of benzene rings is 2. The second-order valence-electron chi connectivity index (χ2n) is 3.88. The van der Waals surface area contributed by atoms with Crippen LogP contribution in [0.4, 0.5) is 0 Å².